The summed E-state index contributed by atoms with van der Waals surface area (Å²) < 4.78 is 0. The predicted octanol–water partition coefficient (Wildman–Crippen LogP) is 5.83. The molecule has 0 saturated carbocycles. The molecule has 5 heteroatoms. The van der Waals surface area contributed by atoms with Gasteiger partial charge in [0.15, 0.2) is 0 Å². The van der Waals surface area contributed by atoms with Crippen LogP contribution in [-0.2, 0) is 4.79 Å². The molecule has 3 rings (SSSR count). The maximum Gasteiger partial charge on any atom is 0.266 e. The Balaban J connectivity index is 1.98. The van der Waals surface area contributed by atoms with Crippen LogP contribution in [-0.4, -0.2) is 18.5 Å². The van der Waals surface area contributed by atoms with E-state index in [4.69, 9.17) is 11.6 Å². The van der Waals surface area contributed by atoms with Crippen molar-refractivity contribution in [1.29, 1.82) is 5.26 Å². The third-order valence-corrected chi connectivity index (χ3v) is 5.60. The van der Waals surface area contributed by atoms with Gasteiger partial charge in [0, 0.05) is 29.0 Å². The van der Waals surface area contributed by atoms with Gasteiger partial charge >= 0.3 is 0 Å². The number of likely N-dealkylation sites (N-methyl/N-ethyl adjacent to an activating group) is 1. The molecule has 148 valence electrons. The number of allylic oxidation sites excluding steroid dienone is 1. The molecule has 4 nitrogen and oxygen atoms in total. The molecule has 0 saturated heterocycles. The van der Waals surface area contributed by atoms with Gasteiger partial charge in [-0.3, -0.25) is 4.79 Å². The van der Waals surface area contributed by atoms with Crippen molar-refractivity contribution in [3.63, 3.8) is 0 Å². The first kappa shape index (κ1) is 20.7. The number of nitrogens with zero attached hydrogens (tertiary/aromatic N) is 2. The maximum atomic E-state index is 12.6. The van der Waals surface area contributed by atoms with E-state index in [9.17, 15) is 10.1 Å². The zero-order chi connectivity index (χ0) is 21.3. The van der Waals surface area contributed by atoms with Crippen molar-refractivity contribution in [2.24, 2.45) is 0 Å². The van der Waals surface area contributed by atoms with Crippen LogP contribution in [0.5, 0.6) is 0 Å². The van der Waals surface area contributed by atoms with E-state index in [1.807, 2.05) is 50.4 Å². The first-order chi connectivity index (χ1) is 13.6. The lowest BCUT2D eigenvalue weighted by molar-refractivity contribution is -0.112. The molecule has 29 heavy (non-hydrogen) atoms. The fourth-order valence-corrected chi connectivity index (χ4v) is 3.74. The number of aryl methyl sites for hydroxylation is 1. The Kier molecular flexibility index (Phi) is 5.55. The van der Waals surface area contributed by atoms with Gasteiger partial charge in [0.05, 0.1) is 5.54 Å². The molecule has 0 spiro atoms. The number of anilines is 2. The second-order valence-electron chi connectivity index (χ2n) is 7.92. The van der Waals surface area contributed by atoms with Crippen molar-refractivity contribution < 1.29 is 4.79 Å². The first-order valence-corrected chi connectivity index (χ1v) is 9.77. The number of fused-ring (bicyclic) bond motifs is 1. The van der Waals surface area contributed by atoms with E-state index in [2.05, 4.69) is 37.1 Å². The van der Waals surface area contributed by atoms with Crippen molar-refractivity contribution in [2.45, 2.75) is 33.2 Å². The number of rotatable bonds is 3. The highest BCUT2D eigenvalue weighted by Crippen LogP contribution is 2.40. The summed E-state index contributed by atoms with van der Waals surface area (Å²) in [6.07, 6.45) is 3.74. The van der Waals surface area contributed by atoms with Gasteiger partial charge in [-0.05, 0) is 74.7 Å². The van der Waals surface area contributed by atoms with Gasteiger partial charge < -0.3 is 10.2 Å². The fourth-order valence-electron chi connectivity index (χ4n) is 3.52. The Morgan fingerprint density at radius 1 is 1.24 bits per heavy atom. The van der Waals surface area contributed by atoms with E-state index in [0.29, 0.717) is 16.3 Å². The quantitative estimate of drug-likeness (QED) is 0.516. The van der Waals surface area contributed by atoms with E-state index in [1.54, 1.807) is 12.1 Å². The molecule has 0 bridgehead atoms. The minimum Gasteiger partial charge on any atom is -0.365 e. The third-order valence-electron chi connectivity index (χ3n) is 5.28. The van der Waals surface area contributed by atoms with Crippen LogP contribution >= 0.6 is 11.6 Å². The Morgan fingerprint density at radius 2 is 1.97 bits per heavy atom. The minimum absolute atomic E-state index is 0.000479. The molecule has 0 aliphatic carbocycles. The van der Waals surface area contributed by atoms with Crippen LogP contribution in [0.25, 0.3) is 11.6 Å². The van der Waals surface area contributed by atoms with Crippen molar-refractivity contribution >= 4 is 40.5 Å². The van der Waals surface area contributed by atoms with E-state index in [0.717, 1.165) is 22.4 Å². The lowest BCUT2D eigenvalue weighted by Crippen LogP contribution is -2.42. The average molecular weight is 406 g/mol. The van der Waals surface area contributed by atoms with Crippen LogP contribution in [0.1, 0.15) is 37.5 Å². The van der Waals surface area contributed by atoms with Gasteiger partial charge in [-0.25, -0.2) is 0 Å². The zero-order valence-electron chi connectivity index (χ0n) is 17.3. The van der Waals surface area contributed by atoms with Gasteiger partial charge in [0.1, 0.15) is 11.6 Å². The molecule has 1 amide bonds. The molecule has 1 heterocycles. The number of carbonyl (C=O) groups excluding carboxylic acids is 1. The molecule has 0 unspecified atom stereocenters. The van der Waals surface area contributed by atoms with Crippen molar-refractivity contribution in [3.05, 3.63) is 69.8 Å². The molecule has 0 atom stereocenters. The van der Waals surface area contributed by atoms with Gasteiger partial charge in [0.2, 0.25) is 0 Å². The largest absolute Gasteiger partial charge is 0.365 e. The second-order valence-corrected chi connectivity index (χ2v) is 8.33. The minimum atomic E-state index is -0.461. The SMILES string of the molecule is CC1=CC(C)(C)N(C)c2cc(Cl)c(/C=C(\C#N)C(=O)Nc3cccc(C)c3)cc21. The van der Waals surface area contributed by atoms with E-state index in [1.165, 1.54) is 0 Å². The molecule has 0 radical (unpaired) electrons. The lowest BCUT2D eigenvalue weighted by Gasteiger charge is -2.40. The summed E-state index contributed by atoms with van der Waals surface area (Å²) in [6, 6.07) is 13.3. The summed E-state index contributed by atoms with van der Waals surface area (Å²) in [6.45, 7) is 8.29. The topological polar surface area (TPSA) is 56.1 Å². The van der Waals surface area contributed by atoms with Gasteiger partial charge in [-0.15, -0.1) is 0 Å². The molecular weight excluding hydrogens is 382 g/mol. The fraction of sp³-hybridized carbons (Fsp3) is 0.250. The highest BCUT2D eigenvalue weighted by Gasteiger charge is 2.29. The maximum absolute atomic E-state index is 12.6. The van der Waals surface area contributed by atoms with Crippen LogP contribution in [0.2, 0.25) is 5.02 Å². The number of nitrogens with one attached hydrogen (secondary N) is 1. The average Bonchev–Trinajstić information content (AvgIpc) is 2.64. The highest BCUT2D eigenvalue weighted by molar-refractivity contribution is 6.32. The van der Waals surface area contributed by atoms with Crippen LogP contribution in [0.3, 0.4) is 0 Å². The van der Waals surface area contributed by atoms with Crippen molar-refractivity contribution in [3.8, 4) is 6.07 Å². The number of hydrogen-bond acceptors (Lipinski definition) is 3. The van der Waals surface area contributed by atoms with E-state index < -0.39 is 5.91 Å². The lowest BCUT2D eigenvalue weighted by atomic mass is 9.88. The molecule has 0 fully saturated rings. The summed E-state index contributed by atoms with van der Waals surface area (Å²) in [4.78, 5) is 14.8. The van der Waals surface area contributed by atoms with Gasteiger partial charge in [0.25, 0.3) is 5.91 Å². The second kappa shape index (κ2) is 7.77. The van der Waals surface area contributed by atoms with Crippen molar-refractivity contribution in [1.82, 2.24) is 0 Å². The zero-order valence-corrected chi connectivity index (χ0v) is 18.1. The standard InChI is InChI=1S/C24H24ClN3O/c1-15-7-6-8-19(9-15)27-23(29)18(14-26)10-17-11-20-16(2)13-24(3,4)28(5)22(20)12-21(17)25/h6-13H,1-5H3,(H,27,29)/b18-10+. The smallest absolute Gasteiger partial charge is 0.266 e. The number of benzene rings is 2. The Labute approximate surface area is 177 Å². The Morgan fingerprint density at radius 3 is 2.62 bits per heavy atom. The third kappa shape index (κ3) is 4.21. The van der Waals surface area contributed by atoms with Gasteiger partial charge in [-0.2, -0.15) is 5.26 Å². The monoisotopic (exact) mass is 405 g/mol. The molecule has 2 aromatic rings. The van der Waals surface area contributed by atoms with Gasteiger partial charge in [-0.1, -0.05) is 29.8 Å². The number of carbonyl (C=O) groups is 1. The first-order valence-electron chi connectivity index (χ1n) is 9.39. The number of hydrogen-bond donors (Lipinski definition) is 1. The van der Waals surface area contributed by atoms with Crippen LogP contribution in [0.4, 0.5) is 11.4 Å². The van der Waals surface area contributed by atoms with E-state index in [-0.39, 0.29) is 11.1 Å². The predicted molar refractivity (Wildman–Crippen MR) is 121 cm³/mol. The summed E-state index contributed by atoms with van der Waals surface area (Å²) >= 11 is 6.52. The summed E-state index contributed by atoms with van der Waals surface area (Å²) in [7, 11) is 2.03. The summed E-state index contributed by atoms with van der Waals surface area (Å²) in [5, 5.41) is 12.8. The van der Waals surface area contributed by atoms with Crippen LogP contribution < -0.4 is 10.2 Å². The number of halogens is 1. The number of nitriles is 1. The molecule has 1 aliphatic rings. The molecule has 2 aromatic carbocycles. The molecule has 1 aliphatic heterocycles. The normalized spacial score (nSPS) is 15.3. The van der Waals surface area contributed by atoms with Crippen LogP contribution in [0, 0.1) is 18.3 Å². The van der Waals surface area contributed by atoms with Crippen LogP contribution in [0.15, 0.2) is 48.0 Å². The highest BCUT2D eigenvalue weighted by atomic mass is 35.5. The summed E-state index contributed by atoms with van der Waals surface area (Å²) in [5.74, 6) is -0.461. The molecular formula is C24H24ClN3O. The summed E-state index contributed by atoms with van der Waals surface area (Å²) in [5.41, 5.74) is 5.40. The van der Waals surface area contributed by atoms with Crippen molar-refractivity contribution in [2.75, 3.05) is 17.3 Å². The molecule has 0 aromatic heterocycles. The Hall–Kier alpha value is -3.03. The number of amides is 1. The molecule has 1 N–H and O–H groups in total. The Bertz CT molecular complexity index is 1090. The van der Waals surface area contributed by atoms with E-state index >= 15 is 0 Å².